The fraction of sp³-hybridized carbons (Fsp3) is 0.357. The smallest absolute Gasteiger partial charge is 0.175 e. The summed E-state index contributed by atoms with van der Waals surface area (Å²) in [5.41, 5.74) is 1.88. The summed E-state index contributed by atoms with van der Waals surface area (Å²) < 4.78 is 7.26. The summed E-state index contributed by atoms with van der Waals surface area (Å²) in [4.78, 5) is 12.2. The van der Waals surface area contributed by atoms with Crippen LogP contribution in [0.3, 0.4) is 0 Å². The van der Waals surface area contributed by atoms with Gasteiger partial charge in [-0.3, -0.25) is 4.79 Å². The molecule has 1 aromatic carbocycles. The summed E-state index contributed by atoms with van der Waals surface area (Å²) in [5.74, 6) is 2.40. The predicted molar refractivity (Wildman–Crippen MR) is 87.0 cm³/mol. The number of carbonyl (C=O) groups is 1. The molecule has 1 aromatic heterocycles. The molecule has 3 rings (SSSR count). The molecule has 0 unspecified atom stereocenters. The lowest BCUT2D eigenvalue weighted by Gasteiger charge is -2.02. The molecule has 21 heavy (non-hydrogen) atoms. The van der Waals surface area contributed by atoms with E-state index in [0.29, 0.717) is 12.4 Å². The summed E-state index contributed by atoms with van der Waals surface area (Å²) in [6, 6.07) is 5.68. The molecule has 0 aliphatic carbocycles. The van der Waals surface area contributed by atoms with Crippen LogP contribution in [0.1, 0.15) is 22.8 Å². The third kappa shape index (κ3) is 3.59. The molecule has 1 aliphatic heterocycles. The average molecular weight is 338 g/mol. The molecule has 2 heterocycles. The first-order valence-electron chi connectivity index (χ1n) is 6.64. The maximum absolute atomic E-state index is 12.2. The van der Waals surface area contributed by atoms with Crippen molar-refractivity contribution in [3.63, 3.8) is 0 Å². The minimum Gasteiger partial charge on any atom is -0.493 e. The highest BCUT2D eigenvalue weighted by Gasteiger charge is 2.16. The standard InChI is InChI=1S/C14H14N2O2S3/c1-2-19-13-15-16-14(21-13)20-8-11(17)9-3-4-12-10(7-9)5-6-18-12/h3-4,7H,2,5-6,8H2,1H3. The number of thioether (sulfide) groups is 2. The zero-order valence-electron chi connectivity index (χ0n) is 11.5. The quantitative estimate of drug-likeness (QED) is 0.593. The van der Waals surface area contributed by atoms with Crippen LogP contribution in [-0.2, 0) is 6.42 Å². The van der Waals surface area contributed by atoms with Gasteiger partial charge in [0.25, 0.3) is 0 Å². The number of ether oxygens (including phenoxy) is 1. The van der Waals surface area contributed by atoms with Gasteiger partial charge in [0.2, 0.25) is 0 Å². The van der Waals surface area contributed by atoms with E-state index in [1.54, 1.807) is 23.1 Å². The molecule has 1 aliphatic rings. The molecule has 4 nitrogen and oxygen atoms in total. The molecule has 0 spiro atoms. The van der Waals surface area contributed by atoms with Crippen molar-refractivity contribution in [2.75, 3.05) is 18.1 Å². The SMILES string of the molecule is CCSc1nnc(SCC(=O)c2ccc3c(c2)CCO3)s1. The van der Waals surface area contributed by atoms with Gasteiger partial charge in [0.15, 0.2) is 14.5 Å². The van der Waals surface area contributed by atoms with Gasteiger partial charge in [-0.15, -0.1) is 10.2 Å². The fourth-order valence-electron chi connectivity index (χ4n) is 2.01. The summed E-state index contributed by atoms with van der Waals surface area (Å²) in [5, 5.41) is 8.18. The van der Waals surface area contributed by atoms with Gasteiger partial charge in [0, 0.05) is 12.0 Å². The Morgan fingerprint density at radius 1 is 1.33 bits per heavy atom. The monoisotopic (exact) mass is 338 g/mol. The number of hydrogen-bond donors (Lipinski definition) is 0. The Labute approximate surface area is 135 Å². The highest BCUT2D eigenvalue weighted by molar-refractivity contribution is 8.03. The van der Waals surface area contributed by atoms with E-state index in [-0.39, 0.29) is 5.78 Å². The number of benzene rings is 1. The molecule has 0 radical (unpaired) electrons. The van der Waals surface area contributed by atoms with Gasteiger partial charge < -0.3 is 4.74 Å². The van der Waals surface area contributed by atoms with Crippen molar-refractivity contribution in [3.8, 4) is 5.75 Å². The van der Waals surface area contributed by atoms with E-state index in [1.807, 2.05) is 18.2 Å². The Bertz CT molecular complexity index is 657. The first-order chi connectivity index (χ1) is 10.3. The molecule has 0 saturated carbocycles. The maximum Gasteiger partial charge on any atom is 0.175 e. The fourth-order valence-corrected chi connectivity index (χ4v) is 4.82. The second kappa shape index (κ2) is 6.81. The number of carbonyl (C=O) groups excluding carboxylic acids is 1. The van der Waals surface area contributed by atoms with Crippen molar-refractivity contribution in [2.45, 2.75) is 22.0 Å². The number of Topliss-reactive ketones (excluding diaryl/α,β-unsaturated/α-hetero) is 1. The zero-order chi connectivity index (χ0) is 14.7. The largest absolute Gasteiger partial charge is 0.493 e. The van der Waals surface area contributed by atoms with Crippen LogP contribution >= 0.6 is 34.9 Å². The molecule has 0 amide bonds. The first-order valence-corrected chi connectivity index (χ1v) is 9.43. The van der Waals surface area contributed by atoms with Crippen LogP contribution in [0.5, 0.6) is 5.75 Å². The molecule has 2 aromatic rings. The maximum atomic E-state index is 12.2. The van der Waals surface area contributed by atoms with E-state index in [4.69, 9.17) is 4.74 Å². The van der Waals surface area contributed by atoms with E-state index in [0.717, 1.165) is 37.7 Å². The van der Waals surface area contributed by atoms with Gasteiger partial charge in [0.1, 0.15) is 5.75 Å². The first kappa shape index (κ1) is 14.9. The Morgan fingerprint density at radius 3 is 2.95 bits per heavy atom. The van der Waals surface area contributed by atoms with E-state index < -0.39 is 0 Å². The number of ketones is 1. The second-order valence-electron chi connectivity index (χ2n) is 4.40. The molecule has 0 atom stereocenters. The third-order valence-corrected chi connectivity index (χ3v) is 6.07. The van der Waals surface area contributed by atoms with E-state index in [2.05, 4.69) is 17.1 Å². The number of hydrogen-bond acceptors (Lipinski definition) is 7. The normalized spacial score (nSPS) is 13.0. The van der Waals surface area contributed by atoms with Crippen molar-refractivity contribution in [1.29, 1.82) is 0 Å². The minimum atomic E-state index is 0.120. The van der Waals surface area contributed by atoms with Crippen LogP contribution in [0.4, 0.5) is 0 Å². The van der Waals surface area contributed by atoms with Crippen LogP contribution in [0.25, 0.3) is 0 Å². The van der Waals surface area contributed by atoms with E-state index >= 15 is 0 Å². The summed E-state index contributed by atoms with van der Waals surface area (Å²) in [6.07, 6.45) is 0.887. The second-order valence-corrected chi connectivity index (χ2v) is 8.11. The lowest BCUT2D eigenvalue weighted by atomic mass is 10.1. The Balaban J connectivity index is 1.60. The highest BCUT2D eigenvalue weighted by atomic mass is 32.2. The topological polar surface area (TPSA) is 52.1 Å². The average Bonchev–Trinajstić information content (AvgIpc) is 3.13. The van der Waals surface area contributed by atoms with Crippen LogP contribution in [0, 0.1) is 0 Å². The molecule has 0 bridgehead atoms. The molecule has 7 heteroatoms. The molecule has 110 valence electrons. The highest BCUT2D eigenvalue weighted by Crippen LogP contribution is 2.30. The molecule has 0 fully saturated rings. The molecule has 0 N–H and O–H groups in total. The third-order valence-electron chi connectivity index (χ3n) is 2.99. The number of nitrogens with zero attached hydrogens (tertiary/aromatic N) is 2. The van der Waals surface area contributed by atoms with Crippen molar-refractivity contribution < 1.29 is 9.53 Å². The van der Waals surface area contributed by atoms with Crippen LogP contribution in [-0.4, -0.2) is 34.1 Å². The Kier molecular flexibility index (Phi) is 4.82. The van der Waals surface area contributed by atoms with Crippen LogP contribution in [0.15, 0.2) is 26.9 Å². The molecule has 0 saturated heterocycles. The number of aromatic nitrogens is 2. The van der Waals surface area contributed by atoms with Gasteiger partial charge in [-0.1, -0.05) is 41.8 Å². The number of fused-ring (bicyclic) bond motifs is 1. The minimum absolute atomic E-state index is 0.120. The summed E-state index contributed by atoms with van der Waals surface area (Å²) in [7, 11) is 0. The lowest BCUT2D eigenvalue weighted by Crippen LogP contribution is -2.02. The van der Waals surface area contributed by atoms with Gasteiger partial charge in [-0.25, -0.2) is 0 Å². The van der Waals surface area contributed by atoms with Gasteiger partial charge in [0.05, 0.1) is 12.4 Å². The van der Waals surface area contributed by atoms with Gasteiger partial charge in [-0.2, -0.15) is 0 Å². The Hall–Kier alpha value is -1.05. The van der Waals surface area contributed by atoms with E-state index in [1.165, 1.54) is 11.8 Å². The van der Waals surface area contributed by atoms with E-state index in [9.17, 15) is 4.79 Å². The van der Waals surface area contributed by atoms with Crippen LogP contribution in [0.2, 0.25) is 0 Å². The lowest BCUT2D eigenvalue weighted by molar-refractivity contribution is 0.102. The molecular weight excluding hydrogens is 324 g/mol. The van der Waals surface area contributed by atoms with Crippen LogP contribution < -0.4 is 4.74 Å². The van der Waals surface area contributed by atoms with Crippen molar-refractivity contribution >= 4 is 40.6 Å². The van der Waals surface area contributed by atoms with Crippen molar-refractivity contribution in [2.24, 2.45) is 0 Å². The summed E-state index contributed by atoms with van der Waals surface area (Å²) in [6.45, 7) is 2.80. The number of rotatable bonds is 6. The van der Waals surface area contributed by atoms with Gasteiger partial charge >= 0.3 is 0 Å². The van der Waals surface area contributed by atoms with Gasteiger partial charge in [-0.05, 0) is 29.5 Å². The Morgan fingerprint density at radius 2 is 2.14 bits per heavy atom. The zero-order valence-corrected chi connectivity index (χ0v) is 13.9. The predicted octanol–water partition coefficient (Wildman–Crippen LogP) is 3.56. The van der Waals surface area contributed by atoms with Crippen molar-refractivity contribution in [1.82, 2.24) is 10.2 Å². The molecular formula is C14H14N2O2S3. The van der Waals surface area contributed by atoms with Crippen molar-refractivity contribution in [3.05, 3.63) is 29.3 Å². The summed E-state index contributed by atoms with van der Waals surface area (Å²) >= 11 is 4.67.